The summed E-state index contributed by atoms with van der Waals surface area (Å²) < 4.78 is 14.8. The van der Waals surface area contributed by atoms with E-state index >= 15 is 0 Å². The van der Waals surface area contributed by atoms with Crippen LogP contribution < -0.4 is 4.90 Å². The lowest BCUT2D eigenvalue weighted by Crippen LogP contribution is -2.49. The van der Waals surface area contributed by atoms with E-state index in [4.69, 9.17) is 11.6 Å². The zero-order valence-electron chi connectivity index (χ0n) is 16.7. The van der Waals surface area contributed by atoms with Crippen LogP contribution in [0, 0.1) is 22.9 Å². The van der Waals surface area contributed by atoms with Gasteiger partial charge in [0.25, 0.3) is 11.6 Å². The van der Waals surface area contributed by atoms with Gasteiger partial charge in [-0.05, 0) is 43.3 Å². The van der Waals surface area contributed by atoms with Gasteiger partial charge >= 0.3 is 0 Å². The zero-order valence-corrected chi connectivity index (χ0v) is 17.4. The number of piperazine rings is 1. The summed E-state index contributed by atoms with van der Waals surface area (Å²) in [5.41, 5.74) is 2.23. The molecule has 1 aliphatic rings. The number of hydrogen-bond acceptors (Lipinski definition) is 5. The molecule has 4 rings (SSSR count). The Morgan fingerprint density at radius 2 is 1.81 bits per heavy atom. The number of rotatable bonds is 4. The Bertz CT molecular complexity index is 1140. The Hall–Kier alpha value is -3.46. The number of amides is 1. The van der Waals surface area contributed by atoms with Crippen LogP contribution in [0.25, 0.3) is 5.69 Å². The third kappa shape index (κ3) is 4.09. The molecule has 1 fully saturated rings. The lowest BCUT2D eigenvalue weighted by atomic mass is 10.2. The summed E-state index contributed by atoms with van der Waals surface area (Å²) in [4.78, 5) is 27.6. The van der Waals surface area contributed by atoms with Crippen LogP contribution in [-0.4, -0.2) is 51.7 Å². The molecule has 31 heavy (non-hydrogen) atoms. The second kappa shape index (κ2) is 8.35. The third-order valence-corrected chi connectivity index (χ3v) is 5.59. The van der Waals surface area contributed by atoms with Gasteiger partial charge in [0.05, 0.1) is 28.1 Å². The van der Waals surface area contributed by atoms with Crippen LogP contribution in [0.15, 0.2) is 48.7 Å². The van der Waals surface area contributed by atoms with Crippen LogP contribution in [0.3, 0.4) is 0 Å². The first-order valence-corrected chi connectivity index (χ1v) is 10.0. The molecule has 2 aromatic carbocycles. The molecule has 0 N–H and O–H groups in total. The van der Waals surface area contributed by atoms with Crippen molar-refractivity contribution in [3.05, 3.63) is 80.9 Å². The average Bonchev–Trinajstić information content (AvgIpc) is 3.15. The van der Waals surface area contributed by atoms with Crippen molar-refractivity contribution < 1.29 is 14.1 Å². The first kappa shape index (κ1) is 20.8. The fraction of sp³-hybridized carbons (Fsp3) is 0.238. The molecular formula is C21H19ClFN5O3. The molecule has 160 valence electrons. The van der Waals surface area contributed by atoms with E-state index in [0.717, 1.165) is 0 Å². The van der Waals surface area contributed by atoms with Crippen molar-refractivity contribution in [3.8, 4) is 5.69 Å². The monoisotopic (exact) mass is 443 g/mol. The molecule has 8 nitrogen and oxygen atoms in total. The molecule has 0 saturated carbocycles. The molecule has 0 aliphatic carbocycles. The fourth-order valence-electron chi connectivity index (χ4n) is 3.69. The SMILES string of the molecule is Cc1c(C(=O)N2CCN(c3ccc(Cl)cc3[N+](=O)[O-])CC2)cnn1-c1ccc(F)cc1. The number of benzene rings is 2. The molecule has 0 bridgehead atoms. The van der Waals surface area contributed by atoms with E-state index in [0.29, 0.717) is 53.8 Å². The molecule has 0 spiro atoms. The van der Waals surface area contributed by atoms with Crippen LogP contribution in [0.5, 0.6) is 0 Å². The maximum atomic E-state index is 13.2. The van der Waals surface area contributed by atoms with Crippen molar-refractivity contribution >= 4 is 28.9 Å². The number of carbonyl (C=O) groups excluding carboxylic acids is 1. The molecule has 1 aliphatic heterocycles. The number of hydrogen-bond donors (Lipinski definition) is 0. The Morgan fingerprint density at radius 1 is 1.13 bits per heavy atom. The van der Waals surface area contributed by atoms with Crippen LogP contribution in [-0.2, 0) is 0 Å². The minimum absolute atomic E-state index is 0.0521. The quantitative estimate of drug-likeness (QED) is 0.451. The fourth-order valence-corrected chi connectivity index (χ4v) is 3.86. The lowest BCUT2D eigenvalue weighted by Gasteiger charge is -2.35. The van der Waals surface area contributed by atoms with Crippen LogP contribution in [0.1, 0.15) is 16.1 Å². The predicted octanol–water partition coefficient (Wildman–Crippen LogP) is 3.84. The largest absolute Gasteiger partial charge is 0.362 e. The van der Waals surface area contributed by atoms with Crippen LogP contribution >= 0.6 is 11.6 Å². The summed E-state index contributed by atoms with van der Waals surface area (Å²) in [6.07, 6.45) is 1.51. The second-order valence-electron chi connectivity index (χ2n) is 7.20. The lowest BCUT2D eigenvalue weighted by molar-refractivity contribution is -0.384. The zero-order chi connectivity index (χ0) is 22.1. The van der Waals surface area contributed by atoms with E-state index in [9.17, 15) is 19.3 Å². The van der Waals surface area contributed by atoms with Gasteiger partial charge in [0, 0.05) is 37.3 Å². The summed E-state index contributed by atoms with van der Waals surface area (Å²) >= 11 is 5.90. The van der Waals surface area contributed by atoms with E-state index in [1.54, 1.807) is 40.8 Å². The summed E-state index contributed by atoms with van der Waals surface area (Å²) in [6, 6.07) is 10.5. The average molecular weight is 444 g/mol. The molecule has 0 atom stereocenters. The maximum absolute atomic E-state index is 13.2. The third-order valence-electron chi connectivity index (χ3n) is 5.35. The van der Waals surface area contributed by atoms with Gasteiger partial charge in [0.1, 0.15) is 11.5 Å². The Balaban J connectivity index is 1.48. The summed E-state index contributed by atoms with van der Waals surface area (Å²) in [5, 5.41) is 16.0. The molecule has 0 unspecified atom stereocenters. The van der Waals surface area contributed by atoms with Gasteiger partial charge in [0.2, 0.25) is 0 Å². The number of nitro benzene ring substituents is 1. The van der Waals surface area contributed by atoms with Gasteiger partial charge in [-0.1, -0.05) is 11.6 Å². The van der Waals surface area contributed by atoms with Gasteiger partial charge in [-0.15, -0.1) is 0 Å². The number of nitrogens with zero attached hydrogens (tertiary/aromatic N) is 5. The molecule has 2 heterocycles. The Labute approximate surface area is 182 Å². The van der Waals surface area contributed by atoms with Gasteiger partial charge in [0.15, 0.2) is 0 Å². The standard InChI is InChI=1S/C21H19ClFN5O3/c1-14-18(13-24-27(14)17-5-3-16(23)4-6-17)21(29)26-10-8-25(9-11-26)19-7-2-15(22)12-20(19)28(30)31/h2-7,12-13H,8-11H2,1H3. The van der Waals surface area contributed by atoms with Crippen molar-refractivity contribution in [1.82, 2.24) is 14.7 Å². The van der Waals surface area contributed by atoms with E-state index in [1.165, 1.54) is 24.4 Å². The first-order chi connectivity index (χ1) is 14.8. The van der Waals surface area contributed by atoms with Gasteiger partial charge < -0.3 is 9.80 Å². The molecular weight excluding hydrogens is 425 g/mol. The molecule has 0 radical (unpaired) electrons. The van der Waals surface area contributed by atoms with E-state index in [2.05, 4.69) is 5.10 Å². The number of nitro groups is 1. The highest BCUT2D eigenvalue weighted by molar-refractivity contribution is 6.30. The smallest absolute Gasteiger partial charge is 0.294 e. The second-order valence-corrected chi connectivity index (χ2v) is 7.64. The van der Waals surface area contributed by atoms with Gasteiger partial charge in [-0.3, -0.25) is 14.9 Å². The topological polar surface area (TPSA) is 84.5 Å². The molecule has 1 saturated heterocycles. The summed E-state index contributed by atoms with van der Waals surface area (Å²) in [7, 11) is 0. The van der Waals surface area contributed by atoms with Crippen LogP contribution in [0.2, 0.25) is 5.02 Å². The normalized spacial score (nSPS) is 14.0. The van der Waals surface area contributed by atoms with Crippen molar-refractivity contribution in [2.24, 2.45) is 0 Å². The minimum Gasteiger partial charge on any atom is -0.362 e. The Morgan fingerprint density at radius 3 is 2.45 bits per heavy atom. The summed E-state index contributed by atoms with van der Waals surface area (Å²) in [5.74, 6) is -0.500. The van der Waals surface area contributed by atoms with E-state index in [1.807, 2.05) is 4.90 Å². The molecule has 1 amide bonds. The van der Waals surface area contributed by atoms with E-state index < -0.39 is 4.92 Å². The summed E-state index contributed by atoms with van der Waals surface area (Å²) in [6.45, 7) is 3.54. The highest BCUT2D eigenvalue weighted by Crippen LogP contribution is 2.31. The van der Waals surface area contributed by atoms with Crippen molar-refractivity contribution in [1.29, 1.82) is 0 Å². The van der Waals surface area contributed by atoms with Gasteiger partial charge in [-0.2, -0.15) is 5.10 Å². The van der Waals surface area contributed by atoms with E-state index in [-0.39, 0.29) is 17.4 Å². The number of carbonyl (C=O) groups is 1. The predicted molar refractivity (Wildman–Crippen MR) is 114 cm³/mol. The highest BCUT2D eigenvalue weighted by Gasteiger charge is 2.28. The first-order valence-electron chi connectivity index (χ1n) is 9.64. The molecule has 10 heteroatoms. The number of halogens is 2. The van der Waals surface area contributed by atoms with Gasteiger partial charge in [-0.25, -0.2) is 9.07 Å². The Kier molecular flexibility index (Phi) is 5.60. The van der Waals surface area contributed by atoms with Crippen molar-refractivity contribution in [3.63, 3.8) is 0 Å². The molecule has 3 aromatic rings. The van der Waals surface area contributed by atoms with Crippen molar-refractivity contribution in [2.45, 2.75) is 6.92 Å². The van der Waals surface area contributed by atoms with Crippen molar-refractivity contribution in [2.75, 3.05) is 31.1 Å². The minimum atomic E-state index is -0.452. The van der Waals surface area contributed by atoms with Crippen LogP contribution in [0.4, 0.5) is 15.8 Å². The number of anilines is 1. The highest BCUT2D eigenvalue weighted by atomic mass is 35.5. The molecule has 1 aromatic heterocycles. The number of aromatic nitrogens is 2. The maximum Gasteiger partial charge on any atom is 0.294 e.